The number of carbonyl (C=O) groups excluding carboxylic acids is 1. The Morgan fingerprint density at radius 2 is 1.77 bits per heavy atom. The zero-order chi connectivity index (χ0) is 25.2. The van der Waals surface area contributed by atoms with Crippen LogP contribution in [0.4, 0.5) is 11.4 Å². The van der Waals surface area contributed by atoms with E-state index in [1.54, 1.807) is 0 Å². The van der Waals surface area contributed by atoms with Crippen molar-refractivity contribution in [3.05, 3.63) is 93.8 Å². The van der Waals surface area contributed by atoms with Gasteiger partial charge in [0.05, 0.1) is 20.9 Å². The first-order valence-corrected chi connectivity index (χ1v) is 12.2. The first kappa shape index (κ1) is 23.9. The third kappa shape index (κ3) is 5.14. The van der Waals surface area contributed by atoms with Gasteiger partial charge in [-0.05, 0) is 56.3 Å². The number of anilines is 1. The van der Waals surface area contributed by atoms with Crippen LogP contribution < -0.4 is 10.0 Å². The monoisotopic (exact) mass is 493 g/mol. The number of sulfonamides is 1. The molecule has 10 nitrogen and oxygen atoms in total. The zero-order valence-electron chi connectivity index (χ0n) is 19.1. The van der Waals surface area contributed by atoms with Crippen molar-refractivity contribution < 1.29 is 18.1 Å². The highest BCUT2D eigenvalue weighted by Crippen LogP contribution is 2.24. The summed E-state index contributed by atoms with van der Waals surface area (Å²) in [5.41, 5.74) is 2.57. The van der Waals surface area contributed by atoms with Crippen LogP contribution in [0.3, 0.4) is 0 Å². The topological polar surface area (TPSA) is 136 Å². The molecule has 0 unspecified atom stereocenters. The van der Waals surface area contributed by atoms with Crippen LogP contribution in [0.25, 0.3) is 11.0 Å². The summed E-state index contributed by atoms with van der Waals surface area (Å²) < 4.78 is 29.7. The van der Waals surface area contributed by atoms with E-state index in [1.807, 2.05) is 35.8 Å². The van der Waals surface area contributed by atoms with Crippen LogP contribution in [0.2, 0.25) is 0 Å². The van der Waals surface area contributed by atoms with Crippen molar-refractivity contribution >= 4 is 38.3 Å². The van der Waals surface area contributed by atoms with E-state index in [1.165, 1.54) is 43.3 Å². The third-order valence-corrected chi connectivity index (χ3v) is 6.93. The van der Waals surface area contributed by atoms with Crippen molar-refractivity contribution in [1.29, 1.82) is 0 Å². The van der Waals surface area contributed by atoms with E-state index in [4.69, 9.17) is 0 Å². The molecule has 0 spiro atoms. The van der Waals surface area contributed by atoms with Crippen molar-refractivity contribution in [2.45, 2.75) is 25.3 Å². The fourth-order valence-electron chi connectivity index (χ4n) is 3.72. The number of nitrogens with one attached hydrogen (secondary N) is 2. The molecule has 0 saturated carbocycles. The van der Waals surface area contributed by atoms with E-state index in [0.717, 1.165) is 22.9 Å². The smallest absolute Gasteiger partial charge is 0.273 e. The van der Waals surface area contributed by atoms with Gasteiger partial charge in [0.15, 0.2) is 0 Å². The molecular weight excluding hydrogens is 470 g/mol. The average Bonchev–Trinajstić information content (AvgIpc) is 3.14. The number of aryl methyl sites for hydroxylation is 2. The van der Waals surface area contributed by atoms with Crippen LogP contribution >= 0.6 is 0 Å². The van der Waals surface area contributed by atoms with Gasteiger partial charge in [-0.25, -0.2) is 13.4 Å². The van der Waals surface area contributed by atoms with Gasteiger partial charge in [-0.3, -0.25) is 19.6 Å². The number of fused-ring (bicyclic) bond motifs is 1. The molecule has 0 aliphatic carbocycles. The molecule has 0 aliphatic heterocycles. The molecule has 3 aromatic carbocycles. The summed E-state index contributed by atoms with van der Waals surface area (Å²) in [5, 5.41) is 14.0. The summed E-state index contributed by atoms with van der Waals surface area (Å²) in [4.78, 5) is 27.3. The highest BCUT2D eigenvalue weighted by Gasteiger charge is 2.20. The van der Waals surface area contributed by atoms with Crippen LogP contribution in [-0.2, 0) is 16.6 Å². The summed E-state index contributed by atoms with van der Waals surface area (Å²) in [5.74, 6) is 0.562. The molecule has 4 rings (SSSR count). The minimum atomic E-state index is -4.04. The molecule has 0 saturated heterocycles. The number of rotatable bonds is 8. The Morgan fingerprint density at radius 3 is 2.49 bits per heavy atom. The van der Waals surface area contributed by atoms with E-state index in [9.17, 15) is 23.3 Å². The predicted molar refractivity (Wildman–Crippen MR) is 132 cm³/mol. The van der Waals surface area contributed by atoms with Crippen molar-refractivity contribution in [2.24, 2.45) is 0 Å². The number of hydrogen-bond donors (Lipinski definition) is 2. The maximum absolute atomic E-state index is 12.7. The molecule has 0 aliphatic rings. The fraction of sp³-hybridized carbons (Fsp3) is 0.167. The number of imidazole rings is 1. The van der Waals surface area contributed by atoms with Crippen LogP contribution in [0.5, 0.6) is 0 Å². The number of carbonyl (C=O) groups is 1. The van der Waals surface area contributed by atoms with Crippen molar-refractivity contribution in [3.8, 4) is 0 Å². The molecule has 1 aromatic heterocycles. The Balaban J connectivity index is 1.39. The molecular formula is C24H23N5O5S. The maximum atomic E-state index is 12.7. The highest BCUT2D eigenvalue weighted by atomic mass is 32.2. The molecule has 1 heterocycles. The largest absolute Gasteiger partial charge is 0.350 e. The van der Waals surface area contributed by atoms with Gasteiger partial charge in [0, 0.05) is 36.0 Å². The second kappa shape index (κ2) is 9.55. The molecule has 0 radical (unpaired) electrons. The Bertz CT molecular complexity index is 1530. The second-order valence-corrected chi connectivity index (χ2v) is 9.63. The normalized spacial score (nSPS) is 11.4. The van der Waals surface area contributed by atoms with E-state index in [0.29, 0.717) is 24.2 Å². The quantitative estimate of drug-likeness (QED) is 0.283. The number of nitro groups is 1. The maximum Gasteiger partial charge on any atom is 0.273 e. The molecule has 4 aromatic rings. The van der Waals surface area contributed by atoms with Crippen LogP contribution in [0.15, 0.2) is 71.6 Å². The summed E-state index contributed by atoms with van der Waals surface area (Å²) in [7, 11) is -4.04. The number of benzene rings is 3. The summed E-state index contributed by atoms with van der Waals surface area (Å²) in [6, 6.07) is 17.4. The van der Waals surface area contributed by atoms with E-state index < -0.39 is 14.9 Å². The number of nitro benzene ring substituents is 1. The molecule has 0 fully saturated rings. The molecule has 0 bridgehead atoms. The number of nitrogens with zero attached hydrogens (tertiary/aromatic N) is 3. The Labute approximate surface area is 201 Å². The summed E-state index contributed by atoms with van der Waals surface area (Å²) in [6.07, 6.45) is 0. The summed E-state index contributed by atoms with van der Waals surface area (Å²) in [6.45, 7) is 4.39. The number of amides is 1. The standard InChI is InChI=1S/C24H23N5O5S/c1-16-7-12-20(15-23(16)29(31)32)35(33,34)27-19-10-8-18(9-11-19)24(30)25-13-14-28-17(2)26-21-5-3-4-6-22(21)28/h3-12,15,27H,13-14H2,1-2H3,(H,25,30). The number of hydrogen-bond acceptors (Lipinski definition) is 6. The lowest BCUT2D eigenvalue weighted by Gasteiger charge is -2.11. The lowest BCUT2D eigenvalue weighted by atomic mass is 10.2. The summed E-state index contributed by atoms with van der Waals surface area (Å²) >= 11 is 0. The number of aromatic nitrogens is 2. The SMILES string of the molecule is Cc1ccc(S(=O)(=O)Nc2ccc(C(=O)NCCn3c(C)nc4ccccc43)cc2)cc1[N+](=O)[O-]. The average molecular weight is 494 g/mol. The van der Waals surface area contributed by atoms with Crippen LogP contribution in [0, 0.1) is 24.0 Å². The predicted octanol–water partition coefficient (Wildman–Crippen LogP) is 3.79. The lowest BCUT2D eigenvalue weighted by molar-refractivity contribution is -0.385. The Hall–Kier alpha value is -4.25. The zero-order valence-corrected chi connectivity index (χ0v) is 19.9. The molecule has 35 heavy (non-hydrogen) atoms. The minimum Gasteiger partial charge on any atom is -0.350 e. The van der Waals surface area contributed by atoms with Gasteiger partial charge in [0.2, 0.25) is 0 Å². The van der Waals surface area contributed by atoms with Crippen molar-refractivity contribution in [3.63, 3.8) is 0 Å². The molecule has 180 valence electrons. The lowest BCUT2D eigenvalue weighted by Crippen LogP contribution is -2.27. The van der Waals surface area contributed by atoms with Gasteiger partial charge >= 0.3 is 0 Å². The van der Waals surface area contributed by atoms with Gasteiger partial charge in [-0.15, -0.1) is 0 Å². The van der Waals surface area contributed by atoms with Gasteiger partial charge in [0.1, 0.15) is 5.82 Å². The Kier molecular flexibility index (Phi) is 6.52. The first-order chi connectivity index (χ1) is 16.7. The first-order valence-electron chi connectivity index (χ1n) is 10.7. The minimum absolute atomic E-state index is 0.223. The van der Waals surface area contributed by atoms with Crippen molar-refractivity contribution in [1.82, 2.24) is 14.9 Å². The van der Waals surface area contributed by atoms with Crippen molar-refractivity contribution in [2.75, 3.05) is 11.3 Å². The Morgan fingerprint density at radius 1 is 1.06 bits per heavy atom. The van der Waals surface area contributed by atoms with E-state index >= 15 is 0 Å². The van der Waals surface area contributed by atoms with Crippen LogP contribution in [-0.4, -0.2) is 35.3 Å². The van der Waals surface area contributed by atoms with E-state index in [2.05, 4.69) is 15.0 Å². The second-order valence-electron chi connectivity index (χ2n) is 7.94. The van der Waals surface area contributed by atoms with Gasteiger partial charge in [-0.2, -0.15) is 0 Å². The highest BCUT2D eigenvalue weighted by molar-refractivity contribution is 7.92. The molecule has 11 heteroatoms. The van der Waals surface area contributed by atoms with Gasteiger partial charge in [-0.1, -0.05) is 18.2 Å². The molecule has 1 amide bonds. The molecule has 2 N–H and O–H groups in total. The molecule has 0 atom stereocenters. The van der Waals surface area contributed by atoms with Crippen LogP contribution in [0.1, 0.15) is 21.7 Å². The fourth-order valence-corrected chi connectivity index (χ4v) is 4.80. The number of para-hydroxylation sites is 2. The third-order valence-electron chi connectivity index (χ3n) is 5.55. The van der Waals surface area contributed by atoms with Gasteiger partial charge in [0.25, 0.3) is 21.6 Å². The van der Waals surface area contributed by atoms with E-state index in [-0.39, 0.29) is 22.2 Å². The van der Waals surface area contributed by atoms with Gasteiger partial charge < -0.3 is 9.88 Å².